The van der Waals surface area contributed by atoms with Crippen LogP contribution in [0.4, 0.5) is 8.78 Å². The molecule has 3 aliphatic rings. The third-order valence-corrected chi connectivity index (χ3v) is 7.54. The van der Waals surface area contributed by atoms with Gasteiger partial charge in [-0.05, 0) is 60.4 Å². The first-order valence-corrected chi connectivity index (χ1v) is 12.5. The summed E-state index contributed by atoms with van der Waals surface area (Å²) < 4.78 is 58.8. The molecule has 2 aliphatic heterocycles. The molecule has 3 aromatic rings. The van der Waals surface area contributed by atoms with E-state index in [4.69, 9.17) is 18.9 Å². The minimum atomic E-state index is -3.72. The average Bonchev–Trinajstić information content (AvgIpc) is 3.69. The molecule has 1 N–H and O–H groups in total. The lowest BCUT2D eigenvalue weighted by atomic mass is 9.90. The van der Waals surface area contributed by atoms with Crippen LogP contribution in [0.15, 0.2) is 54.6 Å². The molecular weight excluding hydrogens is 512 g/mol. The van der Waals surface area contributed by atoms with E-state index in [0.717, 1.165) is 11.1 Å². The highest BCUT2D eigenvalue weighted by atomic mass is 19.3. The molecule has 0 saturated heterocycles. The SMILES string of the molecule is COc1ccc2c(c1)O[C@H](c1ccc(OC)c(OC)c1)C[C@@H]2NC(=O)C1(c2ccc3c(c2)OC(F)(F)O3)CC1. The van der Waals surface area contributed by atoms with Crippen LogP contribution in [0.2, 0.25) is 0 Å². The van der Waals surface area contributed by atoms with Crippen LogP contribution in [0.25, 0.3) is 0 Å². The molecule has 0 aromatic heterocycles. The van der Waals surface area contributed by atoms with Gasteiger partial charge < -0.3 is 33.7 Å². The zero-order valence-corrected chi connectivity index (χ0v) is 21.6. The first kappa shape index (κ1) is 25.1. The molecule has 2 atom stereocenters. The molecule has 39 heavy (non-hydrogen) atoms. The second-order valence-corrected chi connectivity index (χ2v) is 9.80. The van der Waals surface area contributed by atoms with Crippen LogP contribution in [0.1, 0.15) is 48.1 Å². The molecular formula is C29H27F2NO7. The third kappa shape index (κ3) is 4.43. The lowest BCUT2D eigenvalue weighted by molar-refractivity contribution is -0.286. The zero-order valence-electron chi connectivity index (χ0n) is 21.6. The summed E-state index contributed by atoms with van der Waals surface area (Å²) in [6.07, 6.45) is -2.47. The molecule has 8 nitrogen and oxygen atoms in total. The number of nitrogens with one attached hydrogen (secondary N) is 1. The molecule has 0 radical (unpaired) electrons. The number of alkyl halides is 2. The zero-order chi connectivity index (χ0) is 27.4. The molecule has 204 valence electrons. The number of hydrogen-bond acceptors (Lipinski definition) is 7. The normalized spacial score (nSPS) is 21.3. The van der Waals surface area contributed by atoms with Gasteiger partial charge in [-0.25, -0.2) is 0 Å². The Morgan fingerprint density at radius 3 is 2.36 bits per heavy atom. The van der Waals surface area contributed by atoms with Crippen molar-refractivity contribution in [2.45, 2.75) is 43.1 Å². The van der Waals surface area contributed by atoms with Gasteiger partial charge in [0.2, 0.25) is 5.91 Å². The Morgan fingerprint density at radius 2 is 1.64 bits per heavy atom. The van der Waals surface area contributed by atoms with Gasteiger partial charge in [-0.3, -0.25) is 4.79 Å². The molecule has 2 heterocycles. The number of benzene rings is 3. The van der Waals surface area contributed by atoms with Crippen LogP contribution >= 0.6 is 0 Å². The van der Waals surface area contributed by atoms with Crippen molar-refractivity contribution in [2.75, 3.05) is 21.3 Å². The highest BCUT2D eigenvalue weighted by Crippen LogP contribution is 2.53. The van der Waals surface area contributed by atoms with Crippen LogP contribution < -0.4 is 33.7 Å². The van der Waals surface area contributed by atoms with Crippen LogP contribution in [0.3, 0.4) is 0 Å². The number of carbonyl (C=O) groups is 1. The van der Waals surface area contributed by atoms with E-state index in [9.17, 15) is 13.6 Å². The van der Waals surface area contributed by atoms with Crippen molar-refractivity contribution in [3.05, 3.63) is 71.3 Å². The third-order valence-electron chi connectivity index (χ3n) is 7.54. The summed E-state index contributed by atoms with van der Waals surface area (Å²) in [4.78, 5) is 13.8. The van der Waals surface area contributed by atoms with E-state index in [1.807, 2.05) is 30.3 Å². The van der Waals surface area contributed by atoms with Gasteiger partial charge in [0.05, 0.1) is 32.8 Å². The monoisotopic (exact) mass is 539 g/mol. The predicted molar refractivity (Wildman–Crippen MR) is 135 cm³/mol. The number of carbonyl (C=O) groups excluding carboxylic acids is 1. The summed E-state index contributed by atoms with van der Waals surface area (Å²) in [5.74, 6) is 2.08. The van der Waals surface area contributed by atoms with Gasteiger partial charge in [-0.15, -0.1) is 8.78 Å². The van der Waals surface area contributed by atoms with E-state index >= 15 is 0 Å². The number of fused-ring (bicyclic) bond motifs is 2. The minimum absolute atomic E-state index is 0.0509. The summed E-state index contributed by atoms with van der Waals surface area (Å²) in [7, 11) is 4.72. The first-order valence-electron chi connectivity index (χ1n) is 12.5. The summed E-state index contributed by atoms with van der Waals surface area (Å²) in [5.41, 5.74) is 1.46. The van der Waals surface area contributed by atoms with Crippen LogP contribution in [0, 0.1) is 0 Å². The highest BCUT2D eigenvalue weighted by molar-refractivity contribution is 5.92. The van der Waals surface area contributed by atoms with Crippen LogP contribution in [-0.2, 0) is 10.2 Å². The van der Waals surface area contributed by atoms with Crippen molar-refractivity contribution in [2.24, 2.45) is 0 Å². The van der Waals surface area contributed by atoms with E-state index in [2.05, 4.69) is 14.8 Å². The topological polar surface area (TPSA) is 84.5 Å². The maximum Gasteiger partial charge on any atom is 0.586 e. The van der Waals surface area contributed by atoms with Crippen molar-refractivity contribution in [3.63, 3.8) is 0 Å². The second-order valence-electron chi connectivity index (χ2n) is 9.80. The highest BCUT2D eigenvalue weighted by Gasteiger charge is 2.53. The van der Waals surface area contributed by atoms with E-state index in [-0.39, 0.29) is 23.4 Å². The van der Waals surface area contributed by atoms with E-state index in [1.54, 1.807) is 33.5 Å². The number of rotatable bonds is 7. The lowest BCUT2D eigenvalue weighted by Crippen LogP contribution is -2.39. The Balaban J connectivity index is 1.29. The van der Waals surface area contributed by atoms with Gasteiger partial charge >= 0.3 is 6.29 Å². The number of ether oxygens (including phenoxy) is 6. The maximum absolute atomic E-state index is 13.8. The van der Waals surface area contributed by atoms with E-state index in [1.165, 1.54) is 12.1 Å². The van der Waals surface area contributed by atoms with Crippen LogP contribution in [0.5, 0.6) is 34.5 Å². The Labute approximate surface area is 223 Å². The van der Waals surface area contributed by atoms with Crippen molar-refractivity contribution >= 4 is 5.91 Å². The fourth-order valence-electron chi connectivity index (χ4n) is 5.28. The molecule has 6 rings (SSSR count). The largest absolute Gasteiger partial charge is 0.586 e. The lowest BCUT2D eigenvalue weighted by Gasteiger charge is -2.34. The van der Waals surface area contributed by atoms with Gasteiger partial charge in [0.25, 0.3) is 0 Å². The number of amides is 1. The summed E-state index contributed by atoms with van der Waals surface area (Å²) in [5, 5.41) is 3.21. The second kappa shape index (κ2) is 9.21. The molecule has 3 aromatic carbocycles. The molecule has 1 fully saturated rings. The fraction of sp³-hybridized carbons (Fsp3) is 0.345. The van der Waals surface area contributed by atoms with Gasteiger partial charge in [0.1, 0.15) is 17.6 Å². The van der Waals surface area contributed by atoms with Crippen molar-refractivity contribution < 1.29 is 42.0 Å². The van der Waals surface area contributed by atoms with Gasteiger partial charge in [-0.2, -0.15) is 0 Å². The fourth-order valence-corrected chi connectivity index (χ4v) is 5.28. The van der Waals surface area contributed by atoms with E-state index < -0.39 is 17.8 Å². The standard InChI is InChI=1S/C29H27F2NO7/c1-34-18-6-7-19-20(15-23(37-24(19)14-18)16-4-8-21(35-2)25(12-16)36-3)32-27(33)28(10-11-28)17-5-9-22-26(13-17)39-29(30,31)38-22/h4-9,12-14,20,23H,10-11,15H2,1-3H3,(H,32,33)/t20-,23-/m0/s1. The summed E-state index contributed by atoms with van der Waals surface area (Å²) in [6, 6.07) is 15.2. The van der Waals surface area contributed by atoms with Crippen LogP contribution in [-0.4, -0.2) is 33.5 Å². The number of methoxy groups -OCH3 is 3. The summed E-state index contributed by atoms with van der Waals surface area (Å²) in [6.45, 7) is 0. The van der Waals surface area contributed by atoms with Gasteiger partial charge in [-0.1, -0.05) is 12.1 Å². The van der Waals surface area contributed by atoms with Crippen molar-refractivity contribution in [3.8, 4) is 34.5 Å². The Morgan fingerprint density at radius 1 is 0.872 bits per heavy atom. The quantitative estimate of drug-likeness (QED) is 0.428. The Kier molecular flexibility index (Phi) is 5.93. The maximum atomic E-state index is 13.8. The molecule has 1 amide bonds. The molecule has 0 unspecified atom stereocenters. The minimum Gasteiger partial charge on any atom is -0.497 e. The first-order chi connectivity index (χ1) is 18.7. The molecule has 0 bridgehead atoms. The Bertz CT molecular complexity index is 1440. The molecule has 1 aliphatic carbocycles. The Hall–Kier alpha value is -4.21. The van der Waals surface area contributed by atoms with Crippen molar-refractivity contribution in [1.82, 2.24) is 5.32 Å². The van der Waals surface area contributed by atoms with Gasteiger partial charge in [0, 0.05) is 18.1 Å². The number of hydrogen-bond donors (Lipinski definition) is 1. The van der Waals surface area contributed by atoms with E-state index in [0.29, 0.717) is 47.8 Å². The molecule has 1 saturated carbocycles. The number of halogens is 2. The van der Waals surface area contributed by atoms with Gasteiger partial charge in [0.15, 0.2) is 23.0 Å². The molecule has 0 spiro atoms. The summed E-state index contributed by atoms with van der Waals surface area (Å²) >= 11 is 0. The predicted octanol–water partition coefficient (Wildman–Crippen LogP) is 5.45. The average molecular weight is 540 g/mol. The van der Waals surface area contributed by atoms with Crippen molar-refractivity contribution in [1.29, 1.82) is 0 Å². The molecule has 10 heteroatoms. The smallest absolute Gasteiger partial charge is 0.497 e.